The zero-order valence-electron chi connectivity index (χ0n) is 17.6. The number of hydrogen-bond acceptors (Lipinski definition) is 4. The molecule has 156 valence electrons. The van der Waals surface area contributed by atoms with Gasteiger partial charge in [-0.3, -0.25) is 19.2 Å². The van der Waals surface area contributed by atoms with Crippen LogP contribution in [0.25, 0.3) is 0 Å². The molecule has 1 aromatic heterocycles. The van der Waals surface area contributed by atoms with Crippen molar-refractivity contribution in [3.8, 4) is 0 Å². The second-order valence-corrected chi connectivity index (χ2v) is 8.27. The van der Waals surface area contributed by atoms with Gasteiger partial charge in [0.2, 0.25) is 5.91 Å². The molecule has 7 nitrogen and oxygen atoms in total. The van der Waals surface area contributed by atoms with Gasteiger partial charge in [-0.15, -0.1) is 0 Å². The molecule has 0 saturated carbocycles. The minimum atomic E-state index is -0.0545. The first-order valence-corrected chi connectivity index (χ1v) is 10.8. The van der Waals surface area contributed by atoms with Crippen molar-refractivity contribution < 1.29 is 9.59 Å². The van der Waals surface area contributed by atoms with Crippen molar-refractivity contribution in [2.24, 2.45) is 0 Å². The lowest BCUT2D eigenvalue weighted by Crippen LogP contribution is -2.43. The molecule has 2 aliphatic rings. The van der Waals surface area contributed by atoms with E-state index in [4.69, 9.17) is 0 Å². The van der Waals surface area contributed by atoms with E-state index in [1.54, 1.807) is 6.20 Å². The fraction of sp³-hybridized carbons (Fsp3) is 0.762. The zero-order valence-corrected chi connectivity index (χ0v) is 17.6. The summed E-state index contributed by atoms with van der Waals surface area (Å²) < 4.78 is 1.89. The molecule has 0 aliphatic carbocycles. The number of hydrogen-bond donors (Lipinski definition) is 1. The number of piperidine rings is 1. The Morgan fingerprint density at radius 2 is 1.89 bits per heavy atom. The Morgan fingerprint density at radius 3 is 2.61 bits per heavy atom. The van der Waals surface area contributed by atoms with E-state index in [2.05, 4.69) is 29.3 Å². The SMILES string of the molecule is CCCn1ncc(C(=O)NC[C@@H]2CC[C@H](CC(=O)N3CCCCC3)N2C)c1C. The predicted molar refractivity (Wildman–Crippen MR) is 109 cm³/mol. The third-order valence-corrected chi connectivity index (χ3v) is 6.39. The number of aromatic nitrogens is 2. The van der Waals surface area contributed by atoms with Crippen LogP contribution in [0.1, 0.15) is 67.9 Å². The average molecular weight is 390 g/mol. The van der Waals surface area contributed by atoms with Crippen LogP contribution in [-0.4, -0.2) is 70.2 Å². The molecular formula is C21H35N5O2. The van der Waals surface area contributed by atoms with Gasteiger partial charge >= 0.3 is 0 Å². The molecular weight excluding hydrogens is 354 g/mol. The fourth-order valence-electron chi connectivity index (χ4n) is 4.47. The molecule has 0 bridgehead atoms. The van der Waals surface area contributed by atoms with E-state index in [1.807, 2.05) is 16.5 Å². The van der Waals surface area contributed by atoms with Crippen LogP contribution in [0.3, 0.4) is 0 Å². The number of amides is 2. The summed E-state index contributed by atoms with van der Waals surface area (Å²) in [6.07, 6.45) is 8.81. The first-order valence-electron chi connectivity index (χ1n) is 10.8. The Balaban J connectivity index is 1.47. The fourth-order valence-corrected chi connectivity index (χ4v) is 4.47. The summed E-state index contributed by atoms with van der Waals surface area (Å²) in [6, 6.07) is 0.569. The van der Waals surface area contributed by atoms with E-state index >= 15 is 0 Å². The topological polar surface area (TPSA) is 70.5 Å². The Hall–Kier alpha value is -1.89. The van der Waals surface area contributed by atoms with Crippen molar-refractivity contribution in [3.05, 3.63) is 17.5 Å². The Morgan fingerprint density at radius 1 is 1.18 bits per heavy atom. The van der Waals surface area contributed by atoms with Crippen LogP contribution in [0.2, 0.25) is 0 Å². The van der Waals surface area contributed by atoms with Crippen molar-refractivity contribution >= 4 is 11.8 Å². The van der Waals surface area contributed by atoms with Crippen molar-refractivity contribution in [3.63, 3.8) is 0 Å². The van der Waals surface area contributed by atoms with E-state index in [1.165, 1.54) is 6.42 Å². The number of rotatable bonds is 7. The maximum atomic E-state index is 12.6. The minimum Gasteiger partial charge on any atom is -0.350 e. The molecule has 7 heteroatoms. The van der Waals surface area contributed by atoms with Gasteiger partial charge < -0.3 is 10.2 Å². The summed E-state index contributed by atoms with van der Waals surface area (Å²) in [5, 5.41) is 7.39. The van der Waals surface area contributed by atoms with Crippen molar-refractivity contribution in [1.29, 1.82) is 0 Å². The lowest BCUT2D eigenvalue weighted by molar-refractivity contribution is -0.133. The molecule has 0 spiro atoms. The normalized spacial score (nSPS) is 23.2. The number of carbonyl (C=O) groups is 2. The molecule has 1 N–H and O–H groups in total. The molecule has 28 heavy (non-hydrogen) atoms. The Labute approximate surface area is 168 Å². The van der Waals surface area contributed by atoms with E-state index in [9.17, 15) is 9.59 Å². The largest absolute Gasteiger partial charge is 0.350 e. The number of likely N-dealkylation sites (N-methyl/N-ethyl adjacent to an activating group) is 1. The molecule has 0 radical (unpaired) electrons. The van der Waals surface area contributed by atoms with Gasteiger partial charge in [-0.25, -0.2) is 0 Å². The molecule has 3 rings (SSSR count). The van der Waals surface area contributed by atoms with Gasteiger partial charge in [0.15, 0.2) is 0 Å². The monoisotopic (exact) mass is 389 g/mol. The highest BCUT2D eigenvalue weighted by Gasteiger charge is 2.33. The lowest BCUT2D eigenvalue weighted by atomic mass is 10.1. The molecule has 2 amide bonds. The van der Waals surface area contributed by atoms with Gasteiger partial charge in [0.25, 0.3) is 5.91 Å². The van der Waals surface area contributed by atoms with Gasteiger partial charge in [0.1, 0.15) is 0 Å². The van der Waals surface area contributed by atoms with Crippen LogP contribution in [0, 0.1) is 6.92 Å². The quantitative estimate of drug-likeness (QED) is 0.776. The third-order valence-electron chi connectivity index (χ3n) is 6.39. The van der Waals surface area contributed by atoms with Crippen molar-refractivity contribution in [1.82, 2.24) is 24.9 Å². The third kappa shape index (κ3) is 4.74. The predicted octanol–water partition coefficient (Wildman–Crippen LogP) is 2.20. The smallest absolute Gasteiger partial charge is 0.254 e. The van der Waals surface area contributed by atoms with Gasteiger partial charge in [-0.1, -0.05) is 6.92 Å². The lowest BCUT2D eigenvalue weighted by Gasteiger charge is -2.30. The first-order chi connectivity index (χ1) is 13.5. The summed E-state index contributed by atoms with van der Waals surface area (Å²) in [7, 11) is 2.09. The van der Waals surface area contributed by atoms with E-state index in [0.717, 1.165) is 57.4 Å². The molecule has 0 aromatic carbocycles. The molecule has 2 saturated heterocycles. The van der Waals surface area contributed by atoms with Gasteiger partial charge in [0.05, 0.1) is 11.8 Å². The van der Waals surface area contributed by atoms with Crippen molar-refractivity contribution in [2.75, 3.05) is 26.7 Å². The number of aryl methyl sites for hydroxylation is 1. The molecule has 2 aliphatic heterocycles. The second kappa shape index (κ2) is 9.54. The maximum Gasteiger partial charge on any atom is 0.254 e. The summed E-state index contributed by atoms with van der Waals surface area (Å²) in [4.78, 5) is 29.5. The van der Waals surface area contributed by atoms with Crippen LogP contribution in [0.15, 0.2) is 6.20 Å². The Kier molecular flexibility index (Phi) is 7.10. The molecule has 2 fully saturated rings. The van der Waals surface area contributed by atoms with Crippen LogP contribution < -0.4 is 5.32 Å². The summed E-state index contributed by atoms with van der Waals surface area (Å²) in [6.45, 7) is 7.32. The van der Waals surface area contributed by atoms with Crippen LogP contribution in [-0.2, 0) is 11.3 Å². The summed E-state index contributed by atoms with van der Waals surface area (Å²) >= 11 is 0. The van der Waals surface area contributed by atoms with Crippen LogP contribution in [0.4, 0.5) is 0 Å². The summed E-state index contributed by atoms with van der Waals surface area (Å²) in [5.41, 5.74) is 1.58. The van der Waals surface area contributed by atoms with E-state index < -0.39 is 0 Å². The van der Waals surface area contributed by atoms with Gasteiger partial charge in [-0.05, 0) is 52.5 Å². The van der Waals surface area contributed by atoms with Crippen LogP contribution in [0.5, 0.6) is 0 Å². The highest BCUT2D eigenvalue weighted by molar-refractivity contribution is 5.95. The number of carbonyl (C=O) groups excluding carboxylic acids is 2. The summed E-state index contributed by atoms with van der Waals surface area (Å²) in [5.74, 6) is 0.237. The highest BCUT2D eigenvalue weighted by atomic mass is 16.2. The zero-order chi connectivity index (χ0) is 20.1. The van der Waals surface area contributed by atoms with Crippen LogP contribution >= 0.6 is 0 Å². The Bertz CT molecular complexity index is 680. The second-order valence-electron chi connectivity index (χ2n) is 8.27. The highest BCUT2D eigenvalue weighted by Crippen LogP contribution is 2.25. The van der Waals surface area contributed by atoms with Gasteiger partial charge in [-0.2, -0.15) is 5.10 Å². The maximum absolute atomic E-state index is 12.6. The number of nitrogens with one attached hydrogen (secondary N) is 1. The van der Waals surface area contributed by atoms with Gasteiger partial charge in [0, 0.05) is 50.4 Å². The first kappa shape index (κ1) is 20.8. The average Bonchev–Trinajstić information content (AvgIpc) is 3.24. The standard InChI is InChI=1S/C21H35N5O2/c1-4-10-26-16(2)19(15-23-26)21(28)22-14-18-9-8-17(24(18)3)13-20(27)25-11-6-5-7-12-25/h15,17-18H,4-14H2,1-3H3,(H,22,28)/t17-,18+/m1/s1. The molecule has 3 heterocycles. The number of likely N-dealkylation sites (tertiary alicyclic amines) is 2. The minimum absolute atomic E-state index is 0.0545. The number of nitrogens with zero attached hydrogens (tertiary/aromatic N) is 4. The molecule has 2 atom stereocenters. The van der Waals surface area contributed by atoms with E-state index in [0.29, 0.717) is 24.4 Å². The van der Waals surface area contributed by atoms with E-state index in [-0.39, 0.29) is 18.0 Å². The molecule has 1 aromatic rings. The van der Waals surface area contributed by atoms with Crippen molar-refractivity contribution in [2.45, 2.75) is 77.4 Å². The molecule has 0 unspecified atom stereocenters.